The molecule has 2 heterocycles. The summed E-state index contributed by atoms with van der Waals surface area (Å²) in [6.07, 6.45) is 4.38. The van der Waals surface area contributed by atoms with Crippen LogP contribution in [0.25, 0.3) is 11.2 Å². The van der Waals surface area contributed by atoms with Gasteiger partial charge in [-0.15, -0.1) is 11.6 Å². The average Bonchev–Trinajstić information content (AvgIpc) is 2.85. The molecule has 7 heteroatoms. The summed E-state index contributed by atoms with van der Waals surface area (Å²) in [6, 6.07) is 0. The van der Waals surface area contributed by atoms with Crippen LogP contribution >= 0.6 is 11.6 Å². The number of aromatic nitrogens is 4. The molecule has 0 bridgehead atoms. The van der Waals surface area contributed by atoms with Crippen molar-refractivity contribution in [1.29, 1.82) is 0 Å². The molecule has 0 N–H and O–H groups in total. The summed E-state index contributed by atoms with van der Waals surface area (Å²) in [5.41, 5.74) is 1.44. The number of halogens is 1. The van der Waals surface area contributed by atoms with E-state index in [0.29, 0.717) is 36.8 Å². The number of rotatable bonds is 9. The molecule has 6 nitrogen and oxygen atoms in total. The van der Waals surface area contributed by atoms with Crippen LogP contribution in [0.3, 0.4) is 0 Å². The standard InChI is InChI=1S/C14H21ClN4O2/c1-3-4-8-21-9-7-19-11(5-6-15)18-12-13(19)16-10-17-14(12)20-2/h10H,3-9H2,1-2H3. The molecule has 0 saturated carbocycles. The van der Waals surface area contributed by atoms with Crippen LogP contribution in [0.5, 0.6) is 5.88 Å². The summed E-state index contributed by atoms with van der Waals surface area (Å²) in [5.74, 6) is 1.88. The monoisotopic (exact) mass is 312 g/mol. The molecule has 2 rings (SSSR count). The van der Waals surface area contributed by atoms with Crippen LogP contribution in [-0.4, -0.2) is 45.7 Å². The van der Waals surface area contributed by atoms with Crippen molar-refractivity contribution in [2.45, 2.75) is 32.7 Å². The summed E-state index contributed by atoms with van der Waals surface area (Å²) >= 11 is 5.86. The molecule has 0 aliphatic rings. The van der Waals surface area contributed by atoms with E-state index in [9.17, 15) is 0 Å². The van der Waals surface area contributed by atoms with E-state index in [2.05, 4.69) is 21.9 Å². The van der Waals surface area contributed by atoms with Crippen LogP contribution < -0.4 is 4.74 Å². The number of fused-ring (bicyclic) bond motifs is 1. The molecular formula is C14H21ClN4O2. The maximum atomic E-state index is 5.86. The molecule has 2 aromatic heterocycles. The predicted molar refractivity (Wildman–Crippen MR) is 82.0 cm³/mol. The largest absolute Gasteiger partial charge is 0.479 e. The number of nitrogens with zero attached hydrogens (tertiary/aromatic N) is 4. The van der Waals surface area contributed by atoms with Gasteiger partial charge in [0.15, 0.2) is 11.2 Å². The zero-order chi connectivity index (χ0) is 15.1. The highest BCUT2D eigenvalue weighted by atomic mass is 35.5. The molecule has 0 unspecified atom stereocenters. The molecule has 0 radical (unpaired) electrons. The highest BCUT2D eigenvalue weighted by Gasteiger charge is 2.15. The van der Waals surface area contributed by atoms with Gasteiger partial charge in [-0.25, -0.2) is 9.97 Å². The Balaban J connectivity index is 2.20. The quantitative estimate of drug-likeness (QED) is 0.525. The summed E-state index contributed by atoms with van der Waals surface area (Å²) in [6.45, 7) is 4.26. The summed E-state index contributed by atoms with van der Waals surface area (Å²) in [7, 11) is 1.58. The van der Waals surface area contributed by atoms with Crippen LogP contribution in [0.4, 0.5) is 0 Å². The lowest BCUT2D eigenvalue weighted by Crippen LogP contribution is -2.11. The first-order valence-electron chi connectivity index (χ1n) is 7.19. The SMILES string of the molecule is CCCCOCCn1c(CCCl)nc2c(OC)ncnc21. The summed E-state index contributed by atoms with van der Waals surface area (Å²) in [4.78, 5) is 13.0. The van der Waals surface area contributed by atoms with Gasteiger partial charge >= 0.3 is 0 Å². The van der Waals surface area contributed by atoms with E-state index in [-0.39, 0.29) is 0 Å². The molecule has 0 saturated heterocycles. The molecule has 116 valence electrons. The Bertz CT molecular complexity index is 573. The minimum Gasteiger partial charge on any atom is -0.479 e. The van der Waals surface area contributed by atoms with E-state index in [1.54, 1.807) is 7.11 Å². The Morgan fingerprint density at radius 1 is 1.29 bits per heavy atom. The fourth-order valence-corrected chi connectivity index (χ4v) is 2.29. The van der Waals surface area contributed by atoms with Gasteiger partial charge in [0.2, 0.25) is 5.88 Å². The van der Waals surface area contributed by atoms with Crippen molar-refractivity contribution in [2.24, 2.45) is 0 Å². The highest BCUT2D eigenvalue weighted by molar-refractivity contribution is 6.17. The Kier molecular flexibility index (Phi) is 6.20. The third-order valence-electron chi connectivity index (χ3n) is 3.19. The second kappa shape index (κ2) is 8.14. The number of hydrogen-bond donors (Lipinski definition) is 0. The van der Waals surface area contributed by atoms with Gasteiger partial charge in [-0.2, -0.15) is 4.98 Å². The first-order valence-corrected chi connectivity index (χ1v) is 7.73. The lowest BCUT2D eigenvalue weighted by atomic mass is 10.4. The van der Waals surface area contributed by atoms with Crippen molar-refractivity contribution >= 4 is 22.8 Å². The highest BCUT2D eigenvalue weighted by Crippen LogP contribution is 2.22. The van der Waals surface area contributed by atoms with Crippen molar-refractivity contribution in [2.75, 3.05) is 26.2 Å². The fraction of sp³-hybridized carbons (Fsp3) is 0.643. The number of hydrogen-bond acceptors (Lipinski definition) is 5. The second-order valence-electron chi connectivity index (χ2n) is 4.64. The van der Waals surface area contributed by atoms with E-state index in [1.807, 2.05) is 4.57 Å². The van der Waals surface area contributed by atoms with Crippen LogP contribution in [0.15, 0.2) is 6.33 Å². The van der Waals surface area contributed by atoms with E-state index in [1.165, 1.54) is 6.33 Å². The van der Waals surface area contributed by atoms with E-state index in [0.717, 1.165) is 30.9 Å². The van der Waals surface area contributed by atoms with E-state index >= 15 is 0 Å². The average molecular weight is 313 g/mol. The zero-order valence-electron chi connectivity index (χ0n) is 12.5. The lowest BCUT2D eigenvalue weighted by Gasteiger charge is -2.08. The molecule has 0 spiro atoms. The van der Waals surface area contributed by atoms with Crippen molar-refractivity contribution in [3.05, 3.63) is 12.2 Å². The molecule has 21 heavy (non-hydrogen) atoms. The third kappa shape index (κ3) is 3.83. The first kappa shape index (κ1) is 16.0. The van der Waals surface area contributed by atoms with Crippen molar-refractivity contribution in [3.63, 3.8) is 0 Å². The van der Waals surface area contributed by atoms with E-state index < -0.39 is 0 Å². The van der Waals surface area contributed by atoms with E-state index in [4.69, 9.17) is 21.1 Å². The molecule has 0 aliphatic heterocycles. The lowest BCUT2D eigenvalue weighted by molar-refractivity contribution is 0.123. The maximum Gasteiger partial charge on any atom is 0.245 e. The van der Waals surface area contributed by atoms with Crippen LogP contribution in [-0.2, 0) is 17.7 Å². The second-order valence-corrected chi connectivity index (χ2v) is 5.02. The normalized spacial score (nSPS) is 11.2. The molecule has 2 aromatic rings. The summed E-state index contributed by atoms with van der Waals surface area (Å²) < 4.78 is 12.9. The number of imidazole rings is 1. The molecule has 0 aromatic carbocycles. The van der Waals surface area contributed by atoms with Crippen molar-refractivity contribution < 1.29 is 9.47 Å². The van der Waals surface area contributed by atoms with Gasteiger partial charge in [0.1, 0.15) is 12.2 Å². The Labute approximate surface area is 129 Å². The summed E-state index contributed by atoms with van der Waals surface area (Å²) in [5, 5.41) is 0. The zero-order valence-corrected chi connectivity index (χ0v) is 13.3. The molecular weight excluding hydrogens is 292 g/mol. The van der Waals surface area contributed by atoms with Gasteiger partial charge in [0, 0.05) is 25.5 Å². The van der Waals surface area contributed by atoms with Crippen LogP contribution in [0, 0.1) is 0 Å². The molecule has 0 atom stereocenters. The third-order valence-corrected chi connectivity index (χ3v) is 3.38. The number of unbranched alkanes of at least 4 members (excludes halogenated alkanes) is 1. The van der Waals surface area contributed by atoms with Gasteiger partial charge in [0.25, 0.3) is 0 Å². The fourth-order valence-electron chi connectivity index (χ4n) is 2.12. The first-order chi connectivity index (χ1) is 10.3. The maximum absolute atomic E-state index is 5.86. The predicted octanol–water partition coefficient (Wildman–Crippen LogP) is 2.43. The Hall–Kier alpha value is -1.40. The number of methoxy groups -OCH3 is 1. The molecule has 0 aliphatic carbocycles. The smallest absolute Gasteiger partial charge is 0.245 e. The van der Waals surface area contributed by atoms with Crippen LogP contribution in [0.2, 0.25) is 0 Å². The number of ether oxygens (including phenoxy) is 2. The van der Waals surface area contributed by atoms with Crippen molar-refractivity contribution in [3.8, 4) is 5.88 Å². The molecule has 0 fully saturated rings. The topological polar surface area (TPSA) is 62.1 Å². The number of aryl methyl sites for hydroxylation is 1. The van der Waals surface area contributed by atoms with Crippen LogP contribution in [0.1, 0.15) is 25.6 Å². The van der Waals surface area contributed by atoms with Gasteiger partial charge in [0.05, 0.1) is 13.7 Å². The minimum atomic E-state index is 0.487. The molecule has 0 amide bonds. The Morgan fingerprint density at radius 2 is 2.14 bits per heavy atom. The Morgan fingerprint density at radius 3 is 2.86 bits per heavy atom. The van der Waals surface area contributed by atoms with Gasteiger partial charge < -0.3 is 14.0 Å². The van der Waals surface area contributed by atoms with Gasteiger partial charge in [-0.3, -0.25) is 0 Å². The van der Waals surface area contributed by atoms with Gasteiger partial charge in [-0.1, -0.05) is 13.3 Å². The number of alkyl halides is 1. The minimum absolute atomic E-state index is 0.487. The van der Waals surface area contributed by atoms with Crippen molar-refractivity contribution in [1.82, 2.24) is 19.5 Å². The van der Waals surface area contributed by atoms with Gasteiger partial charge in [-0.05, 0) is 6.42 Å².